The molecular formula is C12H17ClN6. The van der Waals surface area contributed by atoms with Gasteiger partial charge in [-0.3, -0.25) is 9.67 Å². The van der Waals surface area contributed by atoms with Gasteiger partial charge in [-0.1, -0.05) is 11.6 Å². The third kappa shape index (κ3) is 2.20. The Balaban J connectivity index is 1.91. The van der Waals surface area contributed by atoms with Crippen molar-refractivity contribution in [1.29, 1.82) is 0 Å². The van der Waals surface area contributed by atoms with Crippen LogP contribution in [0.1, 0.15) is 18.5 Å². The number of H-pyrrole nitrogens is 1. The van der Waals surface area contributed by atoms with Crippen molar-refractivity contribution in [3.63, 3.8) is 0 Å². The molecule has 102 valence electrons. The summed E-state index contributed by atoms with van der Waals surface area (Å²) in [5.74, 6) is 2.34. The van der Waals surface area contributed by atoms with E-state index in [4.69, 9.17) is 11.6 Å². The van der Waals surface area contributed by atoms with Crippen LogP contribution in [0.15, 0.2) is 0 Å². The van der Waals surface area contributed by atoms with Crippen LogP contribution >= 0.6 is 11.6 Å². The summed E-state index contributed by atoms with van der Waals surface area (Å²) >= 11 is 6.21. The molecule has 0 aromatic carbocycles. The molecule has 0 unspecified atom stereocenters. The molecule has 0 aliphatic heterocycles. The summed E-state index contributed by atoms with van der Waals surface area (Å²) in [7, 11) is 3.98. The molecule has 2 aromatic heterocycles. The molecule has 0 radical (unpaired) electrons. The maximum Gasteiger partial charge on any atom is 0.227 e. The highest BCUT2D eigenvalue weighted by molar-refractivity contribution is 6.33. The maximum absolute atomic E-state index is 6.21. The number of nitrogens with one attached hydrogen (secondary N) is 1. The van der Waals surface area contributed by atoms with Crippen molar-refractivity contribution in [3.05, 3.63) is 10.7 Å². The summed E-state index contributed by atoms with van der Waals surface area (Å²) in [5.41, 5.74) is 1.49. The zero-order valence-corrected chi connectivity index (χ0v) is 12.1. The molecule has 1 aliphatic carbocycles. The van der Waals surface area contributed by atoms with Crippen LogP contribution in [0.5, 0.6) is 0 Å². The van der Waals surface area contributed by atoms with Gasteiger partial charge in [0, 0.05) is 20.6 Å². The van der Waals surface area contributed by atoms with Gasteiger partial charge in [0.15, 0.2) is 5.82 Å². The quantitative estimate of drug-likeness (QED) is 0.931. The second-order valence-electron chi connectivity index (χ2n) is 5.22. The summed E-state index contributed by atoms with van der Waals surface area (Å²) in [6, 6.07) is 0. The Labute approximate surface area is 116 Å². The van der Waals surface area contributed by atoms with E-state index in [0.717, 1.165) is 24.1 Å². The van der Waals surface area contributed by atoms with E-state index in [1.54, 1.807) is 0 Å². The Morgan fingerprint density at radius 1 is 1.42 bits per heavy atom. The van der Waals surface area contributed by atoms with Crippen LogP contribution in [-0.2, 0) is 7.05 Å². The number of rotatable bonds is 4. The summed E-state index contributed by atoms with van der Waals surface area (Å²) in [4.78, 5) is 2.14. The molecule has 6 nitrogen and oxygen atoms in total. The van der Waals surface area contributed by atoms with Crippen molar-refractivity contribution < 1.29 is 0 Å². The fourth-order valence-electron chi connectivity index (χ4n) is 2.19. The van der Waals surface area contributed by atoms with Crippen molar-refractivity contribution in [2.45, 2.75) is 19.8 Å². The van der Waals surface area contributed by atoms with Crippen LogP contribution in [0.2, 0.25) is 5.02 Å². The zero-order valence-electron chi connectivity index (χ0n) is 11.3. The number of aromatic nitrogens is 5. The summed E-state index contributed by atoms with van der Waals surface area (Å²) < 4.78 is 1.93. The molecule has 1 fully saturated rings. The normalized spacial score (nSPS) is 14.9. The lowest BCUT2D eigenvalue weighted by Crippen LogP contribution is -2.23. The first-order valence-electron chi connectivity index (χ1n) is 6.39. The minimum Gasteiger partial charge on any atom is -0.344 e. The van der Waals surface area contributed by atoms with Gasteiger partial charge in [0.2, 0.25) is 5.95 Å². The molecule has 0 amide bonds. The Bertz CT molecular complexity index is 597. The van der Waals surface area contributed by atoms with Gasteiger partial charge < -0.3 is 4.90 Å². The molecule has 7 heteroatoms. The first-order chi connectivity index (χ1) is 9.08. The van der Waals surface area contributed by atoms with Gasteiger partial charge in [-0.2, -0.15) is 5.10 Å². The van der Waals surface area contributed by atoms with Crippen LogP contribution in [0.3, 0.4) is 0 Å². The topological polar surface area (TPSA) is 62.6 Å². The van der Waals surface area contributed by atoms with E-state index in [1.807, 2.05) is 25.6 Å². The SMILES string of the molecule is Cc1[nH]nc(-c2nnc(N(C)CC3CC3)n2C)c1Cl. The monoisotopic (exact) mass is 280 g/mol. The van der Waals surface area contributed by atoms with E-state index < -0.39 is 0 Å². The molecular weight excluding hydrogens is 264 g/mol. The Morgan fingerprint density at radius 2 is 2.16 bits per heavy atom. The molecule has 1 N–H and O–H groups in total. The van der Waals surface area contributed by atoms with Crippen LogP contribution in [0.4, 0.5) is 5.95 Å². The lowest BCUT2D eigenvalue weighted by molar-refractivity contribution is 0.740. The van der Waals surface area contributed by atoms with E-state index in [0.29, 0.717) is 16.5 Å². The molecule has 0 atom stereocenters. The van der Waals surface area contributed by atoms with Gasteiger partial charge >= 0.3 is 0 Å². The highest BCUT2D eigenvalue weighted by Gasteiger charge is 2.26. The van der Waals surface area contributed by atoms with E-state index >= 15 is 0 Å². The van der Waals surface area contributed by atoms with Gasteiger partial charge in [0.1, 0.15) is 5.69 Å². The number of hydrogen-bond acceptors (Lipinski definition) is 4. The van der Waals surface area contributed by atoms with E-state index in [-0.39, 0.29) is 0 Å². The second-order valence-corrected chi connectivity index (χ2v) is 5.60. The predicted octanol–water partition coefficient (Wildman–Crippen LogP) is 2.01. The third-order valence-corrected chi connectivity index (χ3v) is 3.97. The zero-order chi connectivity index (χ0) is 13.6. The van der Waals surface area contributed by atoms with Crippen LogP contribution in [0.25, 0.3) is 11.5 Å². The van der Waals surface area contributed by atoms with Crippen molar-refractivity contribution >= 4 is 17.5 Å². The number of aromatic amines is 1. The first-order valence-corrected chi connectivity index (χ1v) is 6.77. The lowest BCUT2D eigenvalue weighted by atomic mass is 10.3. The first kappa shape index (κ1) is 12.5. The van der Waals surface area contributed by atoms with Crippen molar-refractivity contribution in [2.24, 2.45) is 13.0 Å². The van der Waals surface area contributed by atoms with E-state index in [1.165, 1.54) is 12.8 Å². The fourth-order valence-corrected chi connectivity index (χ4v) is 2.36. The molecule has 0 saturated heterocycles. The average Bonchev–Trinajstić information content (AvgIpc) is 3.02. The van der Waals surface area contributed by atoms with Crippen LogP contribution in [0, 0.1) is 12.8 Å². The molecule has 2 heterocycles. The van der Waals surface area contributed by atoms with Crippen LogP contribution < -0.4 is 4.90 Å². The number of nitrogens with zero attached hydrogens (tertiary/aromatic N) is 5. The van der Waals surface area contributed by atoms with Gasteiger partial charge in [0.25, 0.3) is 0 Å². The molecule has 19 heavy (non-hydrogen) atoms. The van der Waals surface area contributed by atoms with Gasteiger partial charge in [-0.15, -0.1) is 10.2 Å². The summed E-state index contributed by atoms with van der Waals surface area (Å²) in [6.45, 7) is 2.91. The van der Waals surface area contributed by atoms with Gasteiger partial charge in [0.05, 0.1) is 10.7 Å². The number of anilines is 1. The standard InChI is InChI=1S/C12H17ClN6/c1-7-9(13)10(15-14-7)11-16-17-12(19(11)3)18(2)6-8-4-5-8/h8H,4-6H2,1-3H3,(H,14,15). The number of aryl methyl sites for hydroxylation is 1. The van der Waals surface area contributed by atoms with Gasteiger partial charge in [-0.05, 0) is 25.7 Å². The smallest absolute Gasteiger partial charge is 0.227 e. The largest absolute Gasteiger partial charge is 0.344 e. The minimum atomic E-state index is 0.604. The molecule has 1 saturated carbocycles. The summed E-state index contributed by atoms with van der Waals surface area (Å²) in [5, 5.41) is 16.1. The van der Waals surface area contributed by atoms with Crippen molar-refractivity contribution in [1.82, 2.24) is 25.0 Å². The van der Waals surface area contributed by atoms with E-state index in [9.17, 15) is 0 Å². The molecule has 0 spiro atoms. The third-order valence-electron chi connectivity index (χ3n) is 3.51. The fraction of sp³-hybridized carbons (Fsp3) is 0.583. The highest BCUT2D eigenvalue weighted by Crippen LogP contribution is 2.32. The highest BCUT2D eigenvalue weighted by atomic mass is 35.5. The van der Waals surface area contributed by atoms with Crippen molar-refractivity contribution in [2.75, 3.05) is 18.5 Å². The van der Waals surface area contributed by atoms with Gasteiger partial charge in [-0.25, -0.2) is 0 Å². The summed E-state index contributed by atoms with van der Waals surface area (Å²) in [6.07, 6.45) is 2.64. The Morgan fingerprint density at radius 3 is 2.74 bits per heavy atom. The molecule has 2 aromatic rings. The second kappa shape index (κ2) is 4.52. The molecule has 0 bridgehead atoms. The predicted molar refractivity (Wildman–Crippen MR) is 74.3 cm³/mol. The number of hydrogen-bond donors (Lipinski definition) is 1. The molecule has 1 aliphatic rings. The Hall–Kier alpha value is -1.56. The number of halogens is 1. The minimum absolute atomic E-state index is 0.604. The van der Waals surface area contributed by atoms with Crippen molar-refractivity contribution in [3.8, 4) is 11.5 Å². The van der Waals surface area contributed by atoms with Crippen LogP contribution in [-0.4, -0.2) is 38.6 Å². The Kier molecular flexibility index (Phi) is 2.97. The molecule has 3 rings (SSSR count). The lowest BCUT2D eigenvalue weighted by Gasteiger charge is -2.17. The van der Waals surface area contributed by atoms with E-state index in [2.05, 4.69) is 25.3 Å². The average molecular weight is 281 g/mol. The maximum atomic E-state index is 6.21.